The zero-order valence-corrected chi connectivity index (χ0v) is 18.4. The summed E-state index contributed by atoms with van der Waals surface area (Å²) in [5.74, 6) is -0.445. The maximum atomic E-state index is 14.1. The molecule has 0 fully saturated rings. The van der Waals surface area contributed by atoms with E-state index < -0.39 is 5.97 Å². The number of nitrogens with zero attached hydrogens (tertiary/aromatic N) is 1. The fraction of sp³-hybridized carbons (Fsp3) is 0.320. The summed E-state index contributed by atoms with van der Waals surface area (Å²) in [5.41, 5.74) is 4.06. The molecule has 3 aromatic rings. The largest absolute Gasteiger partial charge is 0.491 e. The summed E-state index contributed by atoms with van der Waals surface area (Å²) in [5, 5.41) is 13.1. The number of rotatable bonds is 9. The second-order valence-electron chi connectivity index (χ2n) is 7.92. The molecule has 6 heteroatoms. The van der Waals surface area contributed by atoms with Crippen molar-refractivity contribution in [2.75, 3.05) is 0 Å². The summed E-state index contributed by atoms with van der Waals surface area (Å²) in [6.07, 6.45) is 0.123. The zero-order chi connectivity index (χ0) is 22.5. The zero-order valence-electron chi connectivity index (χ0n) is 18.4. The molecule has 31 heavy (non-hydrogen) atoms. The summed E-state index contributed by atoms with van der Waals surface area (Å²) in [4.78, 5) is 12.0. The second kappa shape index (κ2) is 9.79. The number of carboxylic acids is 1. The Bertz CT molecular complexity index is 1060. The van der Waals surface area contributed by atoms with Crippen LogP contribution in [0.1, 0.15) is 52.3 Å². The highest BCUT2D eigenvalue weighted by Crippen LogP contribution is 2.25. The molecule has 5 nitrogen and oxygen atoms in total. The number of carbonyl (C=O) groups is 1. The molecule has 1 heterocycles. The van der Waals surface area contributed by atoms with Crippen molar-refractivity contribution in [2.45, 2.75) is 53.4 Å². The predicted octanol–water partition coefficient (Wildman–Crippen LogP) is 5.07. The molecule has 0 aliphatic heterocycles. The Balaban J connectivity index is 1.76. The molecule has 0 saturated carbocycles. The van der Waals surface area contributed by atoms with Crippen LogP contribution in [-0.2, 0) is 19.6 Å². The van der Waals surface area contributed by atoms with Crippen molar-refractivity contribution in [3.05, 3.63) is 88.0 Å². The van der Waals surface area contributed by atoms with Gasteiger partial charge in [0.25, 0.3) is 0 Å². The van der Waals surface area contributed by atoms with Crippen molar-refractivity contribution in [1.29, 1.82) is 0 Å². The van der Waals surface area contributed by atoms with Crippen molar-refractivity contribution in [2.24, 2.45) is 0 Å². The van der Waals surface area contributed by atoms with Crippen LogP contribution in [0.25, 0.3) is 0 Å². The minimum absolute atomic E-state index is 0.123. The number of halogens is 1. The van der Waals surface area contributed by atoms with E-state index in [2.05, 4.69) is 5.32 Å². The number of hydrogen-bond acceptors (Lipinski definition) is 3. The number of benzene rings is 2. The summed E-state index contributed by atoms with van der Waals surface area (Å²) in [7, 11) is 0. The molecule has 3 rings (SSSR count). The third kappa shape index (κ3) is 5.33. The van der Waals surface area contributed by atoms with Crippen LogP contribution in [0.15, 0.2) is 48.5 Å². The molecule has 0 saturated heterocycles. The fourth-order valence-corrected chi connectivity index (χ4v) is 3.77. The van der Waals surface area contributed by atoms with Crippen LogP contribution in [0.5, 0.6) is 5.75 Å². The molecule has 0 radical (unpaired) electrons. The van der Waals surface area contributed by atoms with Gasteiger partial charge in [-0.2, -0.15) is 0 Å². The van der Waals surface area contributed by atoms with Gasteiger partial charge in [-0.05, 0) is 51.5 Å². The van der Waals surface area contributed by atoms with Gasteiger partial charge in [0, 0.05) is 35.6 Å². The van der Waals surface area contributed by atoms with Gasteiger partial charge in [0.2, 0.25) is 0 Å². The topological polar surface area (TPSA) is 63.5 Å². The first-order valence-electron chi connectivity index (χ1n) is 10.4. The molecule has 1 aromatic heterocycles. The summed E-state index contributed by atoms with van der Waals surface area (Å²) >= 11 is 0. The van der Waals surface area contributed by atoms with Gasteiger partial charge in [0.1, 0.15) is 11.6 Å². The summed E-state index contributed by atoms with van der Waals surface area (Å²) < 4.78 is 21.7. The van der Waals surface area contributed by atoms with Crippen LogP contribution in [0.2, 0.25) is 0 Å². The number of aromatic nitrogens is 1. The van der Waals surface area contributed by atoms with Crippen LogP contribution < -0.4 is 10.1 Å². The Morgan fingerprint density at radius 3 is 2.35 bits per heavy atom. The Kier molecular flexibility index (Phi) is 7.13. The van der Waals surface area contributed by atoms with Crippen molar-refractivity contribution in [1.82, 2.24) is 9.88 Å². The van der Waals surface area contributed by atoms with Crippen LogP contribution >= 0.6 is 0 Å². The van der Waals surface area contributed by atoms with E-state index in [1.807, 2.05) is 49.6 Å². The monoisotopic (exact) mass is 424 g/mol. The average molecular weight is 425 g/mol. The highest BCUT2D eigenvalue weighted by molar-refractivity contribution is 5.91. The smallest absolute Gasteiger partial charge is 0.337 e. The minimum Gasteiger partial charge on any atom is -0.491 e. The molecular formula is C25H29FN2O3. The molecule has 0 unspecified atom stereocenters. The Morgan fingerprint density at radius 1 is 1.06 bits per heavy atom. The number of ether oxygens (including phenoxy) is 1. The maximum Gasteiger partial charge on any atom is 0.337 e. The highest BCUT2D eigenvalue weighted by atomic mass is 19.1. The van der Waals surface area contributed by atoms with Gasteiger partial charge in [0.05, 0.1) is 18.2 Å². The lowest BCUT2D eigenvalue weighted by Crippen LogP contribution is -2.15. The molecule has 2 N–H and O–H groups in total. The second-order valence-corrected chi connectivity index (χ2v) is 7.92. The summed E-state index contributed by atoms with van der Waals surface area (Å²) in [6, 6.07) is 14.4. The van der Waals surface area contributed by atoms with Gasteiger partial charge in [-0.3, -0.25) is 0 Å². The third-order valence-electron chi connectivity index (χ3n) is 5.34. The van der Waals surface area contributed by atoms with Gasteiger partial charge in [-0.15, -0.1) is 0 Å². The van der Waals surface area contributed by atoms with E-state index in [9.17, 15) is 14.3 Å². The number of hydrogen-bond donors (Lipinski definition) is 2. The Labute approximate surface area is 182 Å². The molecule has 0 aliphatic carbocycles. The molecular weight excluding hydrogens is 395 g/mol. The van der Waals surface area contributed by atoms with E-state index in [0.717, 1.165) is 22.6 Å². The molecule has 0 spiro atoms. The molecule has 164 valence electrons. The van der Waals surface area contributed by atoms with Gasteiger partial charge in [-0.1, -0.05) is 30.3 Å². The number of nitrogens with one attached hydrogen (secondary N) is 1. The normalized spacial score (nSPS) is 11.2. The quantitative estimate of drug-likeness (QED) is 0.504. The van der Waals surface area contributed by atoms with Crippen molar-refractivity contribution < 1.29 is 19.0 Å². The van der Waals surface area contributed by atoms with Crippen molar-refractivity contribution in [3.8, 4) is 5.75 Å². The van der Waals surface area contributed by atoms with Crippen molar-refractivity contribution >= 4 is 5.97 Å². The van der Waals surface area contributed by atoms with E-state index >= 15 is 0 Å². The fourth-order valence-electron chi connectivity index (χ4n) is 3.77. The first-order chi connectivity index (χ1) is 14.8. The van der Waals surface area contributed by atoms with E-state index in [-0.39, 0.29) is 17.5 Å². The van der Waals surface area contributed by atoms with Crippen LogP contribution in [0.4, 0.5) is 4.39 Å². The highest BCUT2D eigenvalue weighted by Gasteiger charge is 2.22. The van der Waals surface area contributed by atoms with Gasteiger partial charge in [0.15, 0.2) is 0 Å². The maximum absolute atomic E-state index is 14.1. The SMILES string of the molecule is Cc1c(CNCc2ccc(OC(C)C)cc2)c(C(=O)O)c(C)n1Cc1ccccc1F. The van der Waals surface area contributed by atoms with Crippen LogP contribution in [0, 0.1) is 19.7 Å². The lowest BCUT2D eigenvalue weighted by Gasteiger charge is -2.12. The first kappa shape index (κ1) is 22.6. The molecule has 0 bridgehead atoms. The number of aromatic carboxylic acids is 1. The van der Waals surface area contributed by atoms with E-state index in [4.69, 9.17) is 4.74 Å². The lowest BCUT2D eigenvalue weighted by atomic mass is 10.1. The van der Waals surface area contributed by atoms with E-state index in [1.54, 1.807) is 25.1 Å². The van der Waals surface area contributed by atoms with E-state index in [0.29, 0.717) is 30.9 Å². The van der Waals surface area contributed by atoms with Crippen LogP contribution in [-0.4, -0.2) is 21.7 Å². The van der Waals surface area contributed by atoms with Gasteiger partial charge >= 0.3 is 5.97 Å². The Morgan fingerprint density at radius 2 is 1.74 bits per heavy atom. The van der Waals surface area contributed by atoms with Crippen LogP contribution in [0.3, 0.4) is 0 Å². The molecule has 0 amide bonds. The lowest BCUT2D eigenvalue weighted by molar-refractivity contribution is 0.0694. The third-order valence-corrected chi connectivity index (χ3v) is 5.34. The van der Waals surface area contributed by atoms with E-state index in [1.165, 1.54) is 6.07 Å². The first-order valence-corrected chi connectivity index (χ1v) is 10.4. The summed E-state index contributed by atoms with van der Waals surface area (Å²) in [6.45, 7) is 8.92. The Hall–Kier alpha value is -3.12. The molecule has 0 atom stereocenters. The number of carboxylic acid groups (broad SMARTS) is 1. The molecule has 2 aromatic carbocycles. The standard InChI is InChI=1S/C25H29FN2O3/c1-16(2)31-21-11-9-19(10-12-21)13-27-14-22-17(3)28(18(4)24(22)25(29)30)15-20-7-5-6-8-23(20)26/h5-12,16,27H,13-15H2,1-4H3,(H,29,30). The van der Waals surface area contributed by atoms with Gasteiger partial charge in [-0.25, -0.2) is 9.18 Å². The minimum atomic E-state index is -0.972. The van der Waals surface area contributed by atoms with Crippen molar-refractivity contribution in [3.63, 3.8) is 0 Å². The van der Waals surface area contributed by atoms with Gasteiger partial charge < -0.3 is 19.7 Å². The molecule has 0 aliphatic rings. The predicted molar refractivity (Wildman–Crippen MR) is 119 cm³/mol. The average Bonchev–Trinajstić information content (AvgIpc) is 2.95.